The molecule has 2 aliphatic rings. The first kappa shape index (κ1) is 13.3. The van der Waals surface area contributed by atoms with Crippen molar-refractivity contribution in [1.29, 1.82) is 0 Å². The fraction of sp³-hybridized carbons (Fsp3) is 0.733. The molecule has 1 spiro atoms. The van der Waals surface area contributed by atoms with Crippen molar-refractivity contribution in [2.45, 2.75) is 64.9 Å². The summed E-state index contributed by atoms with van der Waals surface area (Å²) in [5.41, 5.74) is -0.0467. The van der Waals surface area contributed by atoms with E-state index in [9.17, 15) is 9.59 Å². The van der Waals surface area contributed by atoms with Gasteiger partial charge in [-0.2, -0.15) is 0 Å². The van der Waals surface area contributed by atoms with Crippen LogP contribution in [0.4, 0.5) is 0 Å². The van der Waals surface area contributed by atoms with Gasteiger partial charge in [0.1, 0.15) is 11.4 Å². The SMILES string of the molecule is CC(C)(C)OC(=O)C1=CCC2(CCCCC2=O)C1. The van der Waals surface area contributed by atoms with Crippen LogP contribution in [0.15, 0.2) is 11.6 Å². The molecule has 0 radical (unpaired) electrons. The molecule has 100 valence electrons. The summed E-state index contributed by atoms with van der Waals surface area (Å²) in [7, 11) is 0. The zero-order valence-electron chi connectivity index (χ0n) is 11.5. The number of esters is 1. The van der Waals surface area contributed by atoms with Crippen molar-refractivity contribution in [2.24, 2.45) is 5.41 Å². The van der Waals surface area contributed by atoms with Gasteiger partial charge < -0.3 is 4.74 Å². The Balaban J connectivity index is 2.03. The van der Waals surface area contributed by atoms with Gasteiger partial charge in [-0.25, -0.2) is 4.79 Å². The third-order valence-electron chi connectivity index (χ3n) is 3.83. The van der Waals surface area contributed by atoms with E-state index in [1.165, 1.54) is 0 Å². The normalized spacial score (nSPS) is 28.4. The highest BCUT2D eigenvalue weighted by Crippen LogP contribution is 2.46. The van der Waals surface area contributed by atoms with E-state index in [4.69, 9.17) is 4.74 Å². The molecule has 2 rings (SSSR count). The zero-order valence-corrected chi connectivity index (χ0v) is 11.5. The van der Waals surface area contributed by atoms with E-state index in [0.29, 0.717) is 24.2 Å². The average molecular weight is 250 g/mol. The smallest absolute Gasteiger partial charge is 0.334 e. The summed E-state index contributed by atoms with van der Waals surface area (Å²) < 4.78 is 5.37. The van der Waals surface area contributed by atoms with Gasteiger partial charge in [0.15, 0.2) is 0 Å². The first-order valence-electron chi connectivity index (χ1n) is 6.78. The number of allylic oxidation sites excluding steroid dienone is 1. The molecule has 0 aromatic heterocycles. The third-order valence-corrected chi connectivity index (χ3v) is 3.83. The van der Waals surface area contributed by atoms with Crippen molar-refractivity contribution in [3.63, 3.8) is 0 Å². The lowest BCUT2D eigenvalue weighted by Crippen LogP contribution is -2.33. The molecule has 3 heteroatoms. The van der Waals surface area contributed by atoms with Crippen molar-refractivity contribution in [3.8, 4) is 0 Å². The Hall–Kier alpha value is -1.12. The van der Waals surface area contributed by atoms with E-state index < -0.39 is 5.60 Å². The first-order chi connectivity index (χ1) is 8.32. The molecule has 0 heterocycles. The molecule has 1 unspecified atom stereocenters. The average Bonchev–Trinajstić information content (AvgIpc) is 2.66. The third kappa shape index (κ3) is 2.65. The first-order valence-corrected chi connectivity index (χ1v) is 6.78. The van der Waals surface area contributed by atoms with Gasteiger partial charge in [0, 0.05) is 17.4 Å². The number of hydrogen-bond acceptors (Lipinski definition) is 3. The van der Waals surface area contributed by atoms with Crippen LogP contribution in [0.2, 0.25) is 0 Å². The predicted octanol–water partition coefficient (Wildman–Crippen LogP) is 3.18. The lowest BCUT2D eigenvalue weighted by Gasteiger charge is -2.32. The summed E-state index contributed by atoms with van der Waals surface area (Å²) in [5, 5.41) is 0. The molecule has 1 fully saturated rings. The maximum absolute atomic E-state index is 12.1. The summed E-state index contributed by atoms with van der Waals surface area (Å²) in [6.45, 7) is 5.59. The fourth-order valence-corrected chi connectivity index (χ4v) is 2.88. The maximum Gasteiger partial charge on any atom is 0.334 e. The van der Waals surface area contributed by atoms with Crippen LogP contribution in [0.1, 0.15) is 59.3 Å². The Labute approximate surface area is 109 Å². The number of hydrogen-bond donors (Lipinski definition) is 0. The monoisotopic (exact) mass is 250 g/mol. The molecule has 0 aromatic rings. The molecular formula is C15H22O3. The lowest BCUT2D eigenvalue weighted by molar-refractivity contribution is -0.150. The molecule has 0 bridgehead atoms. The van der Waals surface area contributed by atoms with E-state index in [1.54, 1.807) is 0 Å². The highest BCUT2D eigenvalue weighted by Gasteiger charge is 2.44. The Morgan fingerprint density at radius 1 is 1.33 bits per heavy atom. The van der Waals surface area contributed by atoms with Gasteiger partial charge in [0.25, 0.3) is 0 Å². The highest BCUT2D eigenvalue weighted by atomic mass is 16.6. The second kappa shape index (κ2) is 4.52. The number of rotatable bonds is 1. The Morgan fingerprint density at radius 2 is 2.06 bits per heavy atom. The van der Waals surface area contributed by atoms with Crippen LogP contribution in [0.3, 0.4) is 0 Å². The molecule has 18 heavy (non-hydrogen) atoms. The maximum atomic E-state index is 12.1. The topological polar surface area (TPSA) is 43.4 Å². The number of ketones is 1. The standard InChI is InChI=1S/C15H22O3/c1-14(2,3)18-13(17)11-7-9-15(10-11)8-5-4-6-12(15)16/h7H,4-6,8-10H2,1-3H3. The Bertz CT molecular complexity index is 400. The largest absolute Gasteiger partial charge is 0.457 e. The fourth-order valence-electron chi connectivity index (χ4n) is 2.88. The quantitative estimate of drug-likeness (QED) is 0.671. The van der Waals surface area contributed by atoms with Crippen LogP contribution in [0, 0.1) is 5.41 Å². The molecule has 0 aliphatic heterocycles. The van der Waals surface area contributed by atoms with Gasteiger partial charge >= 0.3 is 5.97 Å². The minimum Gasteiger partial charge on any atom is -0.457 e. The minimum atomic E-state index is -0.468. The summed E-state index contributed by atoms with van der Waals surface area (Å²) in [6.07, 6.45) is 6.92. The Kier molecular flexibility index (Phi) is 3.35. The molecule has 1 saturated carbocycles. The van der Waals surface area contributed by atoms with Gasteiger partial charge in [-0.15, -0.1) is 0 Å². The van der Waals surface area contributed by atoms with Gasteiger partial charge in [0.2, 0.25) is 0 Å². The van der Waals surface area contributed by atoms with Crippen LogP contribution in [0.25, 0.3) is 0 Å². The summed E-state index contributed by atoms with van der Waals surface area (Å²) in [6, 6.07) is 0. The molecule has 0 amide bonds. The zero-order chi connectivity index (χ0) is 13.4. The lowest BCUT2D eigenvalue weighted by atomic mass is 9.71. The molecule has 0 aromatic carbocycles. The van der Waals surface area contributed by atoms with Gasteiger partial charge in [-0.05, 0) is 46.5 Å². The molecule has 2 aliphatic carbocycles. The number of Topliss-reactive ketones (excluding diaryl/α,β-unsaturated/α-hetero) is 1. The second-order valence-corrected chi connectivity index (χ2v) is 6.52. The van der Waals surface area contributed by atoms with Crippen LogP contribution in [-0.4, -0.2) is 17.4 Å². The molecule has 0 saturated heterocycles. The highest BCUT2D eigenvalue weighted by molar-refractivity contribution is 5.94. The van der Waals surface area contributed by atoms with Crippen molar-refractivity contribution in [3.05, 3.63) is 11.6 Å². The van der Waals surface area contributed by atoms with Gasteiger partial charge in [-0.3, -0.25) is 4.79 Å². The summed E-state index contributed by atoms with van der Waals surface area (Å²) >= 11 is 0. The van der Waals surface area contributed by atoms with Crippen LogP contribution in [-0.2, 0) is 14.3 Å². The van der Waals surface area contributed by atoms with Gasteiger partial charge in [0.05, 0.1) is 0 Å². The number of carbonyl (C=O) groups excluding carboxylic acids is 2. The van der Waals surface area contributed by atoms with Crippen molar-refractivity contribution < 1.29 is 14.3 Å². The van der Waals surface area contributed by atoms with E-state index in [0.717, 1.165) is 25.7 Å². The van der Waals surface area contributed by atoms with Crippen LogP contribution < -0.4 is 0 Å². The molecule has 1 atom stereocenters. The van der Waals surface area contributed by atoms with Crippen molar-refractivity contribution in [2.75, 3.05) is 0 Å². The molecule has 0 N–H and O–H groups in total. The van der Waals surface area contributed by atoms with Crippen LogP contribution >= 0.6 is 0 Å². The second-order valence-electron chi connectivity index (χ2n) is 6.52. The van der Waals surface area contributed by atoms with Crippen molar-refractivity contribution in [1.82, 2.24) is 0 Å². The van der Waals surface area contributed by atoms with E-state index in [1.807, 2.05) is 26.8 Å². The van der Waals surface area contributed by atoms with Crippen LogP contribution in [0.5, 0.6) is 0 Å². The molecular weight excluding hydrogens is 228 g/mol. The number of carbonyl (C=O) groups is 2. The predicted molar refractivity (Wildman–Crippen MR) is 69.1 cm³/mol. The summed E-state index contributed by atoms with van der Waals surface area (Å²) in [5.74, 6) is 0.0845. The van der Waals surface area contributed by atoms with E-state index >= 15 is 0 Å². The van der Waals surface area contributed by atoms with Gasteiger partial charge in [-0.1, -0.05) is 12.5 Å². The summed E-state index contributed by atoms with van der Waals surface area (Å²) in [4.78, 5) is 24.1. The number of ether oxygens (including phenoxy) is 1. The Morgan fingerprint density at radius 3 is 2.67 bits per heavy atom. The van der Waals surface area contributed by atoms with E-state index in [2.05, 4.69) is 0 Å². The van der Waals surface area contributed by atoms with E-state index in [-0.39, 0.29) is 11.4 Å². The van der Waals surface area contributed by atoms with Crippen molar-refractivity contribution >= 4 is 11.8 Å². The minimum absolute atomic E-state index is 0.252. The molecule has 3 nitrogen and oxygen atoms in total.